The summed E-state index contributed by atoms with van der Waals surface area (Å²) in [5, 5.41) is -1.38. The molecule has 0 saturated heterocycles. The largest absolute Gasteiger partial charge is 1.00 e. The van der Waals surface area contributed by atoms with E-state index in [0.717, 1.165) is 0 Å². The van der Waals surface area contributed by atoms with Crippen molar-refractivity contribution in [1.29, 1.82) is 0 Å². The minimum absolute atomic E-state index is 0. The number of Topliss-reactive ketones (excluding diaryl/α,β-unsaturated/α-hetero) is 1. The molecule has 1 aliphatic heterocycles. The van der Waals surface area contributed by atoms with Crippen molar-refractivity contribution in [2.45, 2.75) is 18.6 Å². The predicted molar refractivity (Wildman–Crippen MR) is 60.3 cm³/mol. The molecule has 0 aliphatic carbocycles. The second-order valence-electron chi connectivity index (χ2n) is 4.00. The van der Waals surface area contributed by atoms with E-state index in [2.05, 4.69) is 0 Å². The molecule has 98 valence electrons. The minimum atomic E-state index is -4.60. The van der Waals surface area contributed by atoms with Gasteiger partial charge in [-0.3, -0.25) is 4.79 Å². The quantitative estimate of drug-likeness (QED) is 0.470. The number of fused-ring (bicyclic) bond motifs is 1. The van der Waals surface area contributed by atoms with Crippen LogP contribution in [0.3, 0.4) is 0 Å². The standard InChI is InChI=1S/C11H12O6S.Na/c1-7(12)4-11(18(13,14)15)8-2-3-9-10(5-8)17-6-16-9;/h2-3,5,11H,4,6H2,1H3,(H,13,14,15);/q;+1/p-1. The summed E-state index contributed by atoms with van der Waals surface area (Å²) in [7, 11) is -4.60. The van der Waals surface area contributed by atoms with E-state index in [1.54, 1.807) is 0 Å². The molecule has 1 aliphatic rings. The third-order valence-electron chi connectivity index (χ3n) is 2.59. The number of ketones is 1. The van der Waals surface area contributed by atoms with Crippen LogP contribution >= 0.6 is 0 Å². The van der Waals surface area contributed by atoms with Gasteiger partial charge in [0, 0.05) is 6.42 Å². The molecule has 1 aromatic carbocycles. The number of carbonyl (C=O) groups is 1. The number of hydrogen-bond acceptors (Lipinski definition) is 6. The van der Waals surface area contributed by atoms with Crippen molar-refractivity contribution in [3.05, 3.63) is 23.8 Å². The Morgan fingerprint density at radius 2 is 2.00 bits per heavy atom. The number of ether oxygens (including phenoxy) is 2. The Morgan fingerprint density at radius 3 is 2.58 bits per heavy atom. The Balaban J connectivity index is 0.00000180. The molecule has 1 heterocycles. The van der Waals surface area contributed by atoms with Gasteiger partial charge in [0.15, 0.2) is 11.5 Å². The van der Waals surface area contributed by atoms with E-state index in [1.807, 2.05) is 0 Å². The molecule has 0 N–H and O–H groups in total. The molecule has 0 spiro atoms. The molecule has 1 unspecified atom stereocenters. The number of benzene rings is 1. The topological polar surface area (TPSA) is 92.7 Å². The average molecular weight is 294 g/mol. The van der Waals surface area contributed by atoms with Crippen LogP contribution in [-0.2, 0) is 14.9 Å². The monoisotopic (exact) mass is 294 g/mol. The first-order valence-electron chi connectivity index (χ1n) is 5.21. The first kappa shape index (κ1) is 16.5. The van der Waals surface area contributed by atoms with E-state index < -0.39 is 15.4 Å². The number of carbonyl (C=O) groups excluding carboxylic acids is 1. The van der Waals surface area contributed by atoms with E-state index in [-0.39, 0.29) is 54.1 Å². The summed E-state index contributed by atoms with van der Waals surface area (Å²) in [6.07, 6.45) is -0.342. The molecular weight excluding hydrogens is 283 g/mol. The zero-order valence-electron chi connectivity index (χ0n) is 10.6. The SMILES string of the molecule is CC(=O)CC(c1ccc2c(c1)OCO2)S(=O)(=O)[O-].[Na+]. The molecule has 0 saturated carbocycles. The van der Waals surface area contributed by atoms with E-state index >= 15 is 0 Å². The molecule has 1 atom stereocenters. The second-order valence-corrected chi connectivity index (χ2v) is 5.55. The van der Waals surface area contributed by atoms with Crippen LogP contribution in [0.2, 0.25) is 0 Å². The van der Waals surface area contributed by atoms with Crippen molar-refractivity contribution in [3.8, 4) is 11.5 Å². The fourth-order valence-electron chi connectivity index (χ4n) is 1.76. The zero-order valence-corrected chi connectivity index (χ0v) is 13.4. The average Bonchev–Trinajstić information content (AvgIpc) is 2.70. The second kappa shape index (κ2) is 6.23. The number of hydrogen-bond donors (Lipinski definition) is 0. The van der Waals surface area contributed by atoms with Crippen molar-refractivity contribution in [3.63, 3.8) is 0 Å². The van der Waals surface area contributed by atoms with Gasteiger partial charge in [-0.15, -0.1) is 0 Å². The summed E-state index contributed by atoms with van der Waals surface area (Å²) in [5.74, 6) is 0.505. The van der Waals surface area contributed by atoms with Gasteiger partial charge in [-0.25, -0.2) is 8.42 Å². The minimum Gasteiger partial charge on any atom is -0.747 e. The van der Waals surface area contributed by atoms with Crippen molar-refractivity contribution >= 4 is 15.9 Å². The normalized spacial score (nSPS) is 14.6. The summed E-state index contributed by atoms with van der Waals surface area (Å²) >= 11 is 0. The summed E-state index contributed by atoms with van der Waals surface area (Å²) in [4.78, 5) is 11.0. The van der Waals surface area contributed by atoms with E-state index in [1.165, 1.54) is 25.1 Å². The zero-order chi connectivity index (χ0) is 13.3. The molecule has 8 heteroatoms. The third-order valence-corrected chi connectivity index (χ3v) is 3.73. The van der Waals surface area contributed by atoms with Crippen molar-refractivity contribution in [2.24, 2.45) is 0 Å². The van der Waals surface area contributed by atoms with Crippen molar-refractivity contribution in [1.82, 2.24) is 0 Å². The Hall–Kier alpha value is -0.600. The summed E-state index contributed by atoms with van der Waals surface area (Å²) in [5.41, 5.74) is 0.240. The summed E-state index contributed by atoms with van der Waals surface area (Å²) in [6, 6.07) is 4.40. The molecule has 0 aromatic heterocycles. The van der Waals surface area contributed by atoms with Gasteiger partial charge in [0.05, 0.1) is 5.25 Å². The molecule has 2 rings (SSSR count). The first-order chi connectivity index (χ1) is 8.38. The van der Waals surface area contributed by atoms with Gasteiger partial charge in [0.1, 0.15) is 15.9 Å². The van der Waals surface area contributed by atoms with Crippen LogP contribution in [0, 0.1) is 0 Å². The van der Waals surface area contributed by atoms with E-state index in [4.69, 9.17) is 9.47 Å². The maximum absolute atomic E-state index is 11.2. The van der Waals surface area contributed by atoms with Gasteiger partial charge in [-0.1, -0.05) is 6.07 Å². The maximum atomic E-state index is 11.2. The van der Waals surface area contributed by atoms with Crippen LogP contribution < -0.4 is 39.0 Å². The van der Waals surface area contributed by atoms with E-state index in [9.17, 15) is 17.8 Å². The van der Waals surface area contributed by atoms with Crippen LogP contribution in [0.1, 0.15) is 24.2 Å². The summed E-state index contributed by atoms with van der Waals surface area (Å²) < 4.78 is 43.7. The molecule has 1 aromatic rings. The van der Waals surface area contributed by atoms with Gasteiger partial charge in [0.2, 0.25) is 6.79 Å². The van der Waals surface area contributed by atoms with Crippen LogP contribution in [-0.4, -0.2) is 25.5 Å². The van der Waals surface area contributed by atoms with Gasteiger partial charge >= 0.3 is 29.6 Å². The van der Waals surface area contributed by atoms with Crippen molar-refractivity contribution < 1.29 is 56.8 Å². The Morgan fingerprint density at radius 1 is 1.37 bits per heavy atom. The maximum Gasteiger partial charge on any atom is 1.00 e. The van der Waals surface area contributed by atoms with Crippen molar-refractivity contribution in [2.75, 3.05) is 6.79 Å². The van der Waals surface area contributed by atoms with E-state index in [0.29, 0.717) is 11.5 Å². The Kier molecular flexibility index (Phi) is 5.40. The fraction of sp³-hybridized carbons (Fsp3) is 0.364. The van der Waals surface area contributed by atoms with Crippen LogP contribution in [0.4, 0.5) is 0 Å². The molecule has 0 fully saturated rings. The summed E-state index contributed by atoms with van der Waals surface area (Å²) in [6.45, 7) is 1.30. The molecule has 19 heavy (non-hydrogen) atoms. The molecule has 6 nitrogen and oxygen atoms in total. The Bertz CT molecular complexity index is 583. The van der Waals surface area contributed by atoms with Gasteiger partial charge in [-0.2, -0.15) is 0 Å². The molecule has 0 amide bonds. The van der Waals surface area contributed by atoms with Gasteiger partial charge in [0.25, 0.3) is 0 Å². The Labute approximate surface area is 133 Å². The molecular formula is C11H11NaO6S. The van der Waals surface area contributed by atoms with Gasteiger partial charge < -0.3 is 14.0 Å². The van der Waals surface area contributed by atoms with Gasteiger partial charge in [-0.05, 0) is 24.6 Å². The molecule has 0 radical (unpaired) electrons. The third kappa shape index (κ3) is 3.93. The first-order valence-corrected chi connectivity index (χ1v) is 6.69. The predicted octanol–water partition coefficient (Wildman–Crippen LogP) is -2.02. The van der Waals surface area contributed by atoms with Crippen LogP contribution in [0.15, 0.2) is 18.2 Å². The number of rotatable bonds is 4. The van der Waals surface area contributed by atoms with Crippen LogP contribution in [0.25, 0.3) is 0 Å². The fourth-order valence-corrected chi connectivity index (χ4v) is 2.68. The van der Waals surface area contributed by atoms with Crippen LogP contribution in [0.5, 0.6) is 11.5 Å². The molecule has 0 bridgehead atoms. The smallest absolute Gasteiger partial charge is 0.747 e.